The maximum atomic E-state index is 5.33. The first kappa shape index (κ1) is 13.2. The molecule has 0 heterocycles. The van der Waals surface area contributed by atoms with Gasteiger partial charge in [-0.2, -0.15) is 0 Å². The Labute approximate surface area is 100 Å². The van der Waals surface area contributed by atoms with Crippen LogP contribution in [0.3, 0.4) is 0 Å². The number of aryl methyl sites for hydroxylation is 1. The van der Waals surface area contributed by atoms with Crippen molar-refractivity contribution < 1.29 is 0 Å². The summed E-state index contributed by atoms with van der Waals surface area (Å²) in [4.78, 5) is 0. The molecule has 0 saturated heterocycles. The molecule has 0 aliphatic rings. The lowest BCUT2D eigenvalue weighted by Crippen LogP contribution is -1.90. The third-order valence-corrected chi connectivity index (χ3v) is 2.93. The molecule has 0 aliphatic carbocycles. The lowest BCUT2D eigenvalue weighted by Gasteiger charge is -2.02. The number of unbranched alkanes of at least 4 members (excludes halogenated alkanes) is 6. The molecule has 1 radical (unpaired) electrons. The lowest BCUT2D eigenvalue weighted by atomic mass is 10.0. The van der Waals surface area contributed by atoms with Crippen molar-refractivity contribution in [2.75, 3.05) is 0 Å². The third kappa shape index (κ3) is 6.62. The fraction of sp³-hybridized carbons (Fsp3) is 0.533. The fourth-order valence-electron chi connectivity index (χ4n) is 1.94. The molecule has 0 atom stereocenters. The zero-order chi connectivity index (χ0) is 11.5. The van der Waals surface area contributed by atoms with E-state index >= 15 is 0 Å². The Hall–Kier alpha value is -0.820. The Morgan fingerprint density at radius 2 is 1.44 bits per heavy atom. The Kier molecular flexibility index (Phi) is 7.79. The van der Waals surface area contributed by atoms with Crippen molar-refractivity contribution in [3.05, 3.63) is 42.4 Å². The van der Waals surface area contributed by atoms with Gasteiger partial charge in [-0.15, -0.1) is 0 Å². The molecule has 1 aromatic carbocycles. The second-order valence-electron chi connectivity index (χ2n) is 4.38. The van der Waals surface area contributed by atoms with Gasteiger partial charge in [0.25, 0.3) is 0 Å². The van der Waals surface area contributed by atoms with Crippen molar-refractivity contribution in [3.63, 3.8) is 0 Å². The minimum atomic E-state index is 1.07. The van der Waals surface area contributed by atoms with Crippen LogP contribution in [-0.4, -0.2) is 0 Å². The molecule has 1 nitrogen and oxygen atoms in total. The standard InChI is InChI=1S/C15H24N/c16-14-10-5-3-1-2-4-7-11-15-12-8-6-9-13-15/h6,8-9,12-14H,1-5,7,10-11,16H2. The number of nitrogens with two attached hydrogens (primary N) is 1. The Bertz CT molecular complexity index is 243. The average Bonchev–Trinajstić information content (AvgIpc) is 2.34. The van der Waals surface area contributed by atoms with E-state index in [1.165, 1.54) is 50.5 Å². The van der Waals surface area contributed by atoms with Crippen molar-refractivity contribution >= 4 is 0 Å². The summed E-state index contributed by atoms with van der Waals surface area (Å²) in [6.45, 7) is 1.77. The number of benzene rings is 1. The molecule has 0 bridgehead atoms. The van der Waals surface area contributed by atoms with Crippen LogP contribution in [-0.2, 0) is 6.42 Å². The van der Waals surface area contributed by atoms with Gasteiger partial charge < -0.3 is 5.73 Å². The fourth-order valence-corrected chi connectivity index (χ4v) is 1.94. The summed E-state index contributed by atoms with van der Waals surface area (Å²) in [5.74, 6) is 0. The van der Waals surface area contributed by atoms with Crippen molar-refractivity contribution in [3.8, 4) is 0 Å². The van der Waals surface area contributed by atoms with Crippen LogP contribution < -0.4 is 5.73 Å². The smallest absolute Gasteiger partial charge is 0.0192 e. The molecule has 1 aromatic rings. The van der Waals surface area contributed by atoms with E-state index in [2.05, 4.69) is 30.3 Å². The maximum absolute atomic E-state index is 5.33. The molecule has 0 unspecified atom stereocenters. The van der Waals surface area contributed by atoms with E-state index in [-0.39, 0.29) is 0 Å². The number of hydrogen-bond donors (Lipinski definition) is 1. The molecular weight excluding hydrogens is 194 g/mol. The molecule has 1 rings (SSSR count). The summed E-state index contributed by atoms with van der Waals surface area (Å²) < 4.78 is 0. The highest BCUT2D eigenvalue weighted by molar-refractivity contribution is 5.14. The monoisotopic (exact) mass is 218 g/mol. The van der Waals surface area contributed by atoms with Gasteiger partial charge in [0.05, 0.1) is 0 Å². The minimum absolute atomic E-state index is 1.07. The minimum Gasteiger partial charge on any atom is -0.326 e. The SMILES string of the molecule is N[CH]CCCCCCCCc1ccccc1. The van der Waals surface area contributed by atoms with Gasteiger partial charge in [0.2, 0.25) is 0 Å². The molecule has 0 fully saturated rings. The molecule has 1 heteroatoms. The largest absolute Gasteiger partial charge is 0.326 e. The summed E-state index contributed by atoms with van der Waals surface area (Å²) in [6.07, 6.45) is 10.3. The van der Waals surface area contributed by atoms with E-state index in [4.69, 9.17) is 5.73 Å². The van der Waals surface area contributed by atoms with Crippen LogP contribution in [0.5, 0.6) is 0 Å². The first-order valence-corrected chi connectivity index (χ1v) is 6.51. The molecule has 0 spiro atoms. The van der Waals surface area contributed by atoms with Gasteiger partial charge in [0.15, 0.2) is 0 Å². The molecule has 16 heavy (non-hydrogen) atoms. The van der Waals surface area contributed by atoms with Crippen LogP contribution in [0.25, 0.3) is 0 Å². The highest BCUT2D eigenvalue weighted by Gasteiger charge is 1.93. The van der Waals surface area contributed by atoms with Gasteiger partial charge in [-0.05, 0) is 24.8 Å². The highest BCUT2D eigenvalue weighted by atomic mass is 14.5. The maximum Gasteiger partial charge on any atom is 0.0192 e. The van der Waals surface area contributed by atoms with Crippen molar-refractivity contribution in [2.24, 2.45) is 5.73 Å². The zero-order valence-corrected chi connectivity index (χ0v) is 10.2. The zero-order valence-electron chi connectivity index (χ0n) is 10.2. The first-order chi connectivity index (χ1) is 7.93. The van der Waals surface area contributed by atoms with Crippen molar-refractivity contribution in [1.29, 1.82) is 0 Å². The van der Waals surface area contributed by atoms with E-state index in [9.17, 15) is 0 Å². The van der Waals surface area contributed by atoms with E-state index in [1.54, 1.807) is 6.54 Å². The van der Waals surface area contributed by atoms with Gasteiger partial charge in [0, 0.05) is 6.54 Å². The molecular formula is C15H24N. The van der Waals surface area contributed by atoms with Crippen LogP contribution in [0.2, 0.25) is 0 Å². The van der Waals surface area contributed by atoms with Gasteiger partial charge in [0.1, 0.15) is 0 Å². The first-order valence-electron chi connectivity index (χ1n) is 6.51. The Morgan fingerprint density at radius 1 is 0.812 bits per heavy atom. The average molecular weight is 218 g/mol. The predicted octanol–water partition coefficient (Wildman–Crippen LogP) is 4.08. The lowest BCUT2D eigenvalue weighted by molar-refractivity contribution is 0.591. The third-order valence-electron chi connectivity index (χ3n) is 2.93. The Balaban J connectivity index is 1.89. The normalized spacial score (nSPS) is 10.6. The molecule has 0 aromatic heterocycles. The second kappa shape index (κ2) is 9.41. The summed E-state index contributed by atoms with van der Waals surface area (Å²) >= 11 is 0. The van der Waals surface area contributed by atoms with Gasteiger partial charge in [-0.3, -0.25) is 0 Å². The molecule has 0 aliphatic heterocycles. The van der Waals surface area contributed by atoms with Crippen LogP contribution in [0.15, 0.2) is 30.3 Å². The van der Waals surface area contributed by atoms with E-state index < -0.39 is 0 Å². The number of hydrogen-bond acceptors (Lipinski definition) is 1. The van der Waals surface area contributed by atoms with E-state index in [0.717, 1.165) is 6.42 Å². The molecule has 89 valence electrons. The molecule has 0 saturated carbocycles. The van der Waals surface area contributed by atoms with Crippen LogP contribution in [0.4, 0.5) is 0 Å². The summed E-state index contributed by atoms with van der Waals surface area (Å²) in [7, 11) is 0. The van der Waals surface area contributed by atoms with Gasteiger partial charge >= 0.3 is 0 Å². The molecule has 0 amide bonds. The quantitative estimate of drug-likeness (QED) is 0.621. The van der Waals surface area contributed by atoms with E-state index in [1.807, 2.05) is 0 Å². The topological polar surface area (TPSA) is 26.0 Å². The van der Waals surface area contributed by atoms with E-state index in [0.29, 0.717) is 0 Å². The highest BCUT2D eigenvalue weighted by Crippen LogP contribution is 2.10. The van der Waals surface area contributed by atoms with Crippen molar-refractivity contribution in [1.82, 2.24) is 0 Å². The van der Waals surface area contributed by atoms with Crippen molar-refractivity contribution in [2.45, 2.75) is 51.4 Å². The van der Waals surface area contributed by atoms with Gasteiger partial charge in [-0.1, -0.05) is 62.4 Å². The molecule has 2 N–H and O–H groups in total. The summed E-state index contributed by atoms with van der Waals surface area (Å²) in [5.41, 5.74) is 6.80. The van der Waals surface area contributed by atoms with Crippen LogP contribution >= 0.6 is 0 Å². The number of rotatable bonds is 9. The van der Waals surface area contributed by atoms with Crippen LogP contribution in [0, 0.1) is 6.54 Å². The summed E-state index contributed by atoms with van der Waals surface area (Å²) in [6, 6.07) is 10.8. The summed E-state index contributed by atoms with van der Waals surface area (Å²) in [5, 5.41) is 0. The van der Waals surface area contributed by atoms with Crippen LogP contribution in [0.1, 0.15) is 50.5 Å². The van der Waals surface area contributed by atoms with Gasteiger partial charge in [-0.25, -0.2) is 0 Å². The Morgan fingerprint density at radius 3 is 2.12 bits per heavy atom. The predicted molar refractivity (Wildman–Crippen MR) is 71.0 cm³/mol. The second-order valence-corrected chi connectivity index (χ2v) is 4.38.